The number of para-hydroxylation sites is 1. The molecule has 1 N–H and O–H groups in total. The van der Waals surface area contributed by atoms with Gasteiger partial charge in [-0.25, -0.2) is 0 Å². The van der Waals surface area contributed by atoms with Crippen LogP contribution in [-0.2, 0) is 9.59 Å². The highest BCUT2D eigenvalue weighted by Gasteiger charge is 2.25. The third-order valence-electron chi connectivity index (χ3n) is 3.90. The molecule has 21 heavy (non-hydrogen) atoms. The fourth-order valence-corrected chi connectivity index (χ4v) is 2.76. The zero-order valence-electron chi connectivity index (χ0n) is 12.4. The Morgan fingerprint density at radius 1 is 1.24 bits per heavy atom. The lowest BCUT2D eigenvalue weighted by molar-refractivity contribution is -0.135. The maximum atomic E-state index is 12.5. The Morgan fingerprint density at radius 3 is 2.57 bits per heavy atom. The van der Waals surface area contributed by atoms with Gasteiger partial charge in [0, 0.05) is 18.3 Å². The number of benzene rings is 1. The number of piperidine rings is 1. The topological polar surface area (TPSA) is 60.9 Å². The Labute approximate surface area is 125 Å². The van der Waals surface area contributed by atoms with Crippen LogP contribution >= 0.6 is 0 Å². The Hall–Kier alpha value is -2.04. The summed E-state index contributed by atoms with van der Waals surface area (Å²) >= 11 is 0. The quantitative estimate of drug-likeness (QED) is 0.900. The van der Waals surface area contributed by atoms with E-state index in [0.717, 1.165) is 31.5 Å². The zero-order chi connectivity index (χ0) is 15.2. The highest BCUT2D eigenvalue weighted by atomic mass is 16.4. The number of anilines is 1. The fourth-order valence-electron chi connectivity index (χ4n) is 2.76. The third-order valence-corrected chi connectivity index (χ3v) is 3.90. The monoisotopic (exact) mass is 290 g/mol. The molecule has 1 atom stereocenters. The van der Waals surface area contributed by atoms with Crippen molar-refractivity contribution in [2.75, 3.05) is 24.5 Å². The number of rotatable bonds is 5. The van der Waals surface area contributed by atoms with Crippen LogP contribution in [0.5, 0.6) is 0 Å². The maximum absolute atomic E-state index is 12.5. The average Bonchev–Trinajstić information content (AvgIpc) is 2.47. The summed E-state index contributed by atoms with van der Waals surface area (Å²) in [5.74, 6) is -0.925. The van der Waals surface area contributed by atoms with Crippen molar-refractivity contribution in [3.8, 4) is 0 Å². The minimum absolute atomic E-state index is 0.00676. The lowest BCUT2D eigenvalue weighted by Gasteiger charge is -2.35. The summed E-state index contributed by atoms with van der Waals surface area (Å²) in [7, 11) is 0. The van der Waals surface area contributed by atoms with Crippen molar-refractivity contribution in [3.63, 3.8) is 0 Å². The summed E-state index contributed by atoms with van der Waals surface area (Å²) in [5.41, 5.74) is 0.762. The van der Waals surface area contributed by atoms with Crippen LogP contribution in [0.25, 0.3) is 0 Å². The van der Waals surface area contributed by atoms with E-state index in [2.05, 4.69) is 6.92 Å². The van der Waals surface area contributed by atoms with Crippen LogP contribution in [0.3, 0.4) is 0 Å². The number of carboxylic acid groups (broad SMARTS) is 1. The largest absolute Gasteiger partial charge is 0.480 e. The predicted octanol–water partition coefficient (Wildman–Crippen LogP) is 1.98. The normalized spacial score (nSPS) is 18.3. The van der Waals surface area contributed by atoms with E-state index in [0.29, 0.717) is 0 Å². The summed E-state index contributed by atoms with van der Waals surface area (Å²) in [6, 6.07) is 9.47. The van der Waals surface area contributed by atoms with Crippen LogP contribution in [-0.4, -0.2) is 47.6 Å². The molecule has 0 spiro atoms. The molecule has 1 heterocycles. The second kappa shape index (κ2) is 7.11. The van der Waals surface area contributed by atoms with Gasteiger partial charge in [-0.05, 0) is 38.3 Å². The molecule has 0 radical (unpaired) electrons. The number of aliphatic carboxylic acids is 1. The molecule has 5 heteroatoms. The second-order valence-electron chi connectivity index (χ2n) is 5.52. The molecule has 1 saturated heterocycles. The van der Waals surface area contributed by atoms with Gasteiger partial charge in [0.2, 0.25) is 5.91 Å². The van der Waals surface area contributed by atoms with Gasteiger partial charge in [0.25, 0.3) is 0 Å². The van der Waals surface area contributed by atoms with Gasteiger partial charge in [-0.15, -0.1) is 0 Å². The molecule has 2 rings (SSSR count). The number of amides is 1. The summed E-state index contributed by atoms with van der Waals surface area (Å²) in [4.78, 5) is 27.0. The molecule has 1 aromatic carbocycles. The molecular weight excluding hydrogens is 268 g/mol. The highest BCUT2D eigenvalue weighted by molar-refractivity contribution is 5.84. The molecule has 1 aliphatic heterocycles. The van der Waals surface area contributed by atoms with Crippen molar-refractivity contribution in [3.05, 3.63) is 30.3 Å². The van der Waals surface area contributed by atoms with E-state index in [9.17, 15) is 9.59 Å². The summed E-state index contributed by atoms with van der Waals surface area (Å²) in [6.45, 7) is 2.77. The van der Waals surface area contributed by atoms with Gasteiger partial charge >= 0.3 is 5.97 Å². The van der Waals surface area contributed by atoms with E-state index < -0.39 is 5.97 Å². The lowest BCUT2D eigenvalue weighted by atomic mass is 10.0. The number of hydrogen-bond donors (Lipinski definition) is 1. The molecule has 0 aromatic heterocycles. The Kier molecular flexibility index (Phi) is 5.20. The maximum Gasteiger partial charge on any atom is 0.323 e. The molecule has 1 aliphatic rings. The third kappa shape index (κ3) is 4.21. The van der Waals surface area contributed by atoms with E-state index in [1.807, 2.05) is 35.2 Å². The zero-order valence-corrected chi connectivity index (χ0v) is 12.4. The molecular formula is C16H22N2O3. The number of carbonyl (C=O) groups is 2. The molecule has 114 valence electrons. The Balaban J connectivity index is 2.07. The van der Waals surface area contributed by atoms with E-state index in [-0.39, 0.29) is 25.0 Å². The van der Waals surface area contributed by atoms with Crippen molar-refractivity contribution < 1.29 is 14.7 Å². The first-order valence-electron chi connectivity index (χ1n) is 7.39. The van der Waals surface area contributed by atoms with E-state index >= 15 is 0 Å². The first kappa shape index (κ1) is 15.4. The summed E-state index contributed by atoms with van der Waals surface area (Å²) in [5, 5.41) is 9.05. The van der Waals surface area contributed by atoms with Gasteiger partial charge in [0.15, 0.2) is 0 Å². The molecule has 0 bridgehead atoms. The van der Waals surface area contributed by atoms with Crippen LogP contribution in [0.2, 0.25) is 0 Å². The van der Waals surface area contributed by atoms with E-state index in [1.54, 1.807) is 4.90 Å². The van der Waals surface area contributed by atoms with Crippen LogP contribution in [0.15, 0.2) is 30.3 Å². The Morgan fingerprint density at radius 2 is 1.95 bits per heavy atom. The van der Waals surface area contributed by atoms with Gasteiger partial charge in [-0.2, -0.15) is 0 Å². The van der Waals surface area contributed by atoms with Gasteiger partial charge < -0.3 is 14.9 Å². The summed E-state index contributed by atoms with van der Waals surface area (Å²) in [6.07, 6.45) is 3.21. The van der Waals surface area contributed by atoms with Crippen molar-refractivity contribution >= 4 is 17.6 Å². The molecule has 5 nitrogen and oxygen atoms in total. The smallest absolute Gasteiger partial charge is 0.323 e. The number of carbonyl (C=O) groups excluding carboxylic acids is 1. The van der Waals surface area contributed by atoms with Gasteiger partial charge in [0.05, 0.1) is 6.54 Å². The molecule has 1 unspecified atom stereocenters. The molecule has 1 fully saturated rings. The van der Waals surface area contributed by atoms with Gasteiger partial charge in [-0.1, -0.05) is 18.2 Å². The van der Waals surface area contributed by atoms with Crippen LogP contribution in [0, 0.1) is 0 Å². The standard InChI is InChI=1S/C16H22N2O3/c1-13-7-5-6-10-18(13)15(19)11-17(12-16(20)21)14-8-3-2-4-9-14/h2-4,8-9,13H,5-7,10-12H2,1H3,(H,20,21). The minimum Gasteiger partial charge on any atom is -0.480 e. The predicted molar refractivity (Wildman–Crippen MR) is 81.3 cm³/mol. The summed E-state index contributed by atoms with van der Waals surface area (Å²) < 4.78 is 0. The van der Waals surface area contributed by atoms with Gasteiger partial charge in [-0.3, -0.25) is 9.59 Å². The number of hydrogen-bond acceptors (Lipinski definition) is 3. The first-order chi connectivity index (χ1) is 10.1. The van der Waals surface area contributed by atoms with Crippen molar-refractivity contribution in [1.82, 2.24) is 4.90 Å². The molecule has 1 amide bonds. The Bertz CT molecular complexity index is 490. The van der Waals surface area contributed by atoms with Crippen LogP contribution in [0.4, 0.5) is 5.69 Å². The van der Waals surface area contributed by atoms with Gasteiger partial charge in [0.1, 0.15) is 6.54 Å². The van der Waals surface area contributed by atoms with Crippen LogP contribution < -0.4 is 4.90 Å². The van der Waals surface area contributed by atoms with E-state index in [1.165, 1.54) is 0 Å². The number of likely N-dealkylation sites (tertiary alicyclic amines) is 1. The molecule has 1 aromatic rings. The van der Waals surface area contributed by atoms with Crippen molar-refractivity contribution in [2.24, 2.45) is 0 Å². The molecule has 0 aliphatic carbocycles. The first-order valence-corrected chi connectivity index (χ1v) is 7.39. The van der Waals surface area contributed by atoms with E-state index in [4.69, 9.17) is 5.11 Å². The lowest BCUT2D eigenvalue weighted by Crippen LogP contribution is -2.47. The second-order valence-corrected chi connectivity index (χ2v) is 5.52. The molecule has 0 saturated carbocycles. The average molecular weight is 290 g/mol. The van der Waals surface area contributed by atoms with Crippen molar-refractivity contribution in [2.45, 2.75) is 32.2 Å². The minimum atomic E-state index is -0.932. The number of carboxylic acids is 1. The van der Waals surface area contributed by atoms with Crippen LogP contribution in [0.1, 0.15) is 26.2 Å². The SMILES string of the molecule is CC1CCCCN1C(=O)CN(CC(=O)O)c1ccccc1. The number of nitrogens with zero attached hydrogens (tertiary/aromatic N) is 2. The van der Waals surface area contributed by atoms with Crippen molar-refractivity contribution in [1.29, 1.82) is 0 Å². The highest BCUT2D eigenvalue weighted by Crippen LogP contribution is 2.18. The fraction of sp³-hybridized carbons (Fsp3) is 0.500.